The molecule has 0 bridgehead atoms. The van der Waals surface area contributed by atoms with Gasteiger partial charge in [0.2, 0.25) is 0 Å². The largest absolute Gasteiger partial charge is 0.497 e. The standard InChI is InChI=1S/C15H18ClNO3/c1-19-10-7-8-13(14(9-10)20-2)17-15(18)11-5-3-4-6-12(11)16/h7-9H,3-6H2,1-2H3,(H,17,18). The molecule has 1 aromatic carbocycles. The van der Waals surface area contributed by atoms with Crippen molar-refractivity contribution >= 4 is 23.2 Å². The zero-order chi connectivity index (χ0) is 14.5. The van der Waals surface area contributed by atoms with Gasteiger partial charge in [0.25, 0.3) is 5.91 Å². The van der Waals surface area contributed by atoms with E-state index in [1.807, 2.05) is 0 Å². The van der Waals surface area contributed by atoms with Crippen molar-refractivity contribution in [3.63, 3.8) is 0 Å². The van der Waals surface area contributed by atoms with E-state index in [4.69, 9.17) is 21.1 Å². The van der Waals surface area contributed by atoms with Gasteiger partial charge in [-0.25, -0.2) is 0 Å². The molecular formula is C15H18ClNO3. The summed E-state index contributed by atoms with van der Waals surface area (Å²) in [7, 11) is 3.14. The monoisotopic (exact) mass is 295 g/mol. The van der Waals surface area contributed by atoms with Gasteiger partial charge in [-0.15, -0.1) is 0 Å². The van der Waals surface area contributed by atoms with Gasteiger partial charge in [-0.3, -0.25) is 4.79 Å². The highest BCUT2D eigenvalue weighted by Crippen LogP contribution is 2.32. The minimum absolute atomic E-state index is 0.154. The Morgan fingerprint density at radius 1 is 1.20 bits per heavy atom. The zero-order valence-corrected chi connectivity index (χ0v) is 12.4. The summed E-state index contributed by atoms with van der Waals surface area (Å²) >= 11 is 6.13. The Kier molecular flexibility index (Phi) is 4.90. The molecule has 0 atom stereocenters. The molecule has 0 aromatic heterocycles. The topological polar surface area (TPSA) is 47.6 Å². The summed E-state index contributed by atoms with van der Waals surface area (Å²) in [5, 5.41) is 3.52. The van der Waals surface area contributed by atoms with Crippen molar-refractivity contribution in [2.24, 2.45) is 0 Å². The number of carbonyl (C=O) groups excluding carboxylic acids is 1. The lowest BCUT2D eigenvalue weighted by Gasteiger charge is -2.17. The number of methoxy groups -OCH3 is 2. The van der Waals surface area contributed by atoms with Crippen molar-refractivity contribution in [1.29, 1.82) is 0 Å². The molecule has 108 valence electrons. The third-order valence-electron chi connectivity index (χ3n) is 3.33. The van der Waals surface area contributed by atoms with Crippen LogP contribution in [-0.2, 0) is 4.79 Å². The first-order valence-corrected chi connectivity index (χ1v) is 6.94. The lowest BCUT2D eigenvalue weighted by atomic mass is 9.98. The highest BCUT2D eigenvalue weighted by atomic mass is 35.5. The highest BCUT2D eigenvalue weighted by molar-refractivity contribution is 6.32. The number of nitrogens with one attached hydrogen (secondary N) is 1. The quantitative estimate of drug-likeness (QED) is 0.921. The fourth-order valence-electron chi connectivity index (χ4n) is 2.20. The Balaban J connectivity index is 2.19. The third kappa shape index (κ3) is 3.25. The summed E-state index contributed by atoms with van der Waals surface area (Å²) in [6, 6.07) is 5.26. The highest BCUT2D eigenvalue weighted by Gasteiger charge is 2.19. The first-order chi connectivity index (χ1) is 9.65. The Morgan fingerprint density at radius 2 is 1.95 bits per heavy atom. The number of amides is 1. The van der Waals surface area contributed by atoms with Crippen LogP contribution in [0.1, 0.15) is 25.7 Å². The number of hydrogen-bond acceptors (Lipinski definition) is 3. The van der Waals surface area contributed by atoms with E-state index >= 15 is 0 Å². The van der Waals surface area contributed by atoms with E-state index in [9.17, 15) is 4.79 Å². The van der Waals surface area contributed by atoms with Crippen LogP contribution in [0.5, 0.6) is 11.5 Å². The summed E-state index contributed by atoms with van der Waals surface area (Å²) in [5.41, 5.74) is 1.29. The van der Waals surface area contributed by atoms with Crippen LogP contribution in [0.2, 0.25) is 0 Å². The Labute approximate surface area is 123 Å². The fourth-order valence-corrected chi connectivity index (χ4v) is 2.52. The van der Waals surface area contributed by atoms with E-state index in [0.29, 0.717) is 27.8 Å². The Morgan fingerprint density at radius 3 is 2.60 bits per heavy atom. The summed E-state index contributed by atoms with van der Waals surface area (Å²) in [5.74, 6) is 1.08. The Hall–Kier alpha value is -1.68. The van der Waals surface area contributed by atoms with Crippen molar-refractivity contribution in [3.8, 4) is 11.5 Å². The first-order valence-electron chi connectivity index (χ1n) is 6.56. The predicted octanol–water partition coefficient (Wildman–Crippen LogP) is 3.71. The molecule has 1 amide bonds. The lowest BCUT2D eigenvalue weighted by Crippen LogP contribution is -2.17. The molecule has 0 unspecified atom stereocenters. The lowest BCUT2D eigenvalue weighted by molar-refractivity contribution is -0.113. The second-order valence-corrected chi connectivity index (χ2v) is 5.07. The first kappa shape index (κ1) is 14.7. The van der Waals surface area contributed by atoms with E-state index in [0.717, 1.165) is 25.7 Å². The van der Waals surface area contributed by atoms with Crippen LogP contribution >= 0.6 is 11.6 Å². The minimum atomic E-state index is -0.154. The number of ether oxygens (including phenoxy) is 2. The minimum Gasteiger partial charge on any atom is -0.497 e. The number of anilines is 1. The molecule has 0 saturated carbocycles. The van der Waals surface area contributed by atoms with Gasteiger partial charge in [-0.1, -0.05) is 11.6 Å². The average Bonchev–Trinajstić information content (AvgIpc) is 2.48. The molecule has 1 aliphatic carbocycles. The molecule has 0 radical (unpaired) electrons. The van der Waals surface area contributed by atoms with Crippen molar-refractivity contribution in [3.05, 3.63) is 28.8 Å². The van der Waals surface area contributed by atoms with Gasteiger partial charge in [0.15, 0.2) is 0 Å². The second-order valence-electron chi connectivity index (χ2n) is 4.61. The van der Waals surface area contributed by atoms with E-state index in [2.05, 4.69) is 5.32 Å². The SMILES string of the molecule is COc1ccc(NC(=O)C2=C(Cl)CCCC2)c(OC)c1. The van der Waals surface area contributed by atoms with Crippen molar-refractivity contribution < 1.29 is 14.3 Å². The summed E-state index contributed by atoms with van der Waals surface area (Å²) in [6.45, 7) is 0. The number of allylic oxidation sites excluding steroid dienone is 1. The van der Waals surface area contributed by atoms with Crippen LogP contribution < -0.4 is 14.8 Å². The van der Waals surface area contributed by atoms with Crippen LogP contribution in [0, 0.1) is 0 Å². The molecule has 20 heavy (non-hydrogen) atoms. The average molecular weight is 296 g/mol. The summed E-state index contributed by atoms with van der Waals surface area (Å²) in [6.07, 6.45) is 3.55. The van der Waals surface area contributed by atoms with Crippen molar-refractivity contribution in [1.82, 2.24) is 0 Å². The van der Waals surface area contributed by atoms with Crippen molar-refractivity contribution in [2.45, 2.75) is 25.7 Å². The summed E-state index contributed by atoms with van der Waals surface area (Å²) < 4.78 is 10.4. The number of rotatable bonds is 4. The van der Waals surface area contributed by atoms with Crippen LogP contribution in [-0.4, -0.2) is 20.1 Å². The van der Waals surface area contributed by atoms with Gasteiger partial charge < -0.3 is 14.8 Å². The van der Waals surface area contributed by atoms with Gasteiger partial charge in [-0.05, 0) is 37.8 Å². The van der Waals surface area contributed by atoms with Gasteiger partial charge in [0.1, 0.15) is 11.5 Å². The number of benzene rings is 1. The van der Waals surface area contributed by atoms with Gasteiger partial charge >= 0.3 is 0 Å². The van der Waals surface area contributed by atoms with E-state index in [1.165, 1.54) is 0 Å². The molecule has 0 heterocycles. The maximum Gasteiger partial charge on any atom is 0.252 e. The number of carbonyl (C=O) groups is 1. The Bertz CT molecular complexity index is 540. The molecule has 2 rings (SSSR count). The van der Waals surface area contributed by atoms with Gasteiger partial charge in [-0.2, -0.15) is 0 Å². The fraction of sp³-hybridized carbons (Fsp3) is 0.400. The molecule has 0 saturated heterocycles. The number of hydrogen-bond donors (Lipinski definition) is 1. The maximum atomic E-state index is 12.3. The molecule has 1 aliphatic rings. The molecule has 4 nitrogen and oxygen atoms in total. The molecular weight excluding hydrogens is 278 g/mol. The molecule has 0 fully saturated rings. The van der Waals surface area contributed by atoms with Crippen LogP contribution in [0.25, 0.3) is 0 Å². The summed E-state index contributed by atoms with van der Waals surface area (Å²) in [4.78, 5) is 12.3. The molecule has 0 aliphatic heterocycles. The smallest absolute Gasteiger partial charge is 0.252 e. The van der Waals surface area contributed by atoms with Crippen molar-refractivity contribution in [2.75, 3.05) is 19.5 Å². The molecule has 1 N–H and O–H groups in total. The van der Waals surface area contributed by atoms with E-state index in [-0.39, 0.29) is 5.91 Å². The maximum absolute atomic E-state index is 12.3. The van der Waals surface area contributed by atoms with Gasteiger partial charge in [0.05, 0.1) is 19.9 Å². The third-order valence-corrected chi connectivity index (χ3v) is 3.75. The second kappa shape index (κ2) is 6.66. The molecule has 1 aromatic rings. The zero-order valence-electron chi connectivity index (χ0n) is 11.7. The number of halogens is 1. The van der Waals surface area contributed by atoms with Crippen LogP contribution in [0.4, 0.5) is 5.69 Å². The molecule has 5 heteroatoms. The van der Waals surface area contributed by atoms with Gasteiger partial charge in [0, 0.05) is 16.7 Å². The normalized spacial score (nSPS) is 14.9. The predicted molar refractivity (Wildman–Crippen MR) is 79.5 cm³/mol. The van der Waals surface area contributed by atoms with E-state index in [1.54, 1.807) is 32.4 Å². The van der Waals surface area contributed by atoms with E-state index < -0.39 is 0 Å². The molecule has 0 spiro atoms. The van der Waals surface area contributed by atoms with Crippen LogP contribution in [0.3, 0.4) is 0 Å². The van der Waals surface area contributed by atoms with Crippen LogP contribution in [0.15, 0.2) is 28.8 Å².